The van der Waals surface area contributed by atoms with Gasteiger partial charge in [-0.05, 0) is 55.2 Å². The molecule has 0 saturated carbocycles. The van der Waals surface area contributed by atoms with Gasteiger partial charge in [0.05, 0.1) is 6.54 Å². The molecule has 2 heterocycles. The molecular formula is C26H29N5O2. The van der Waals surface area contributed by atoms with Gasteiger partial charge in [0.2, 0.25) is 0 Å². The molecule has 0 bridgehead atoms. The highest BCUT2D eigenvalue weighted by atomic mass is 16.4. The van der Waals surface area contributed by atoms with Crippen molar-refractivity contribution in [3.63, 3.8) is 0 Å². The van der Waals surface area contributed by atoms with E-state index in [4.69, 9.17) is 0 Å². The SMILES string of the molecule is Cc1cc(C)c(NC(Cc2ccc(-c3ccc(CNc4ncc[nH]4)[nH]3)cc2)C(=O)O)c(C)c1. The number of nitrogens with one attached hydrogen (secondary N) is 4. The number of anilines is 2. The fraction of sp³-hybridized carbons (Fsp3) is 0.231. The van der Waals surface area contributed by atoms with E-state index >= 15 is 0 Å². The number of rotatable bonds is 9. The second-order valence-electron chi connectivity index (χ2n) is 8.40. The molecule has 0 amide bonds. The topological polar surface area (TPSA) is 106 Å². The van der Waals surface area contributed by atoms with Crippen LogP contribution in [0.15, 0.2) is 60.9 Å². The lowest BCUT2D eigenvalue weighted by Gasteiger charge is -2.20. The summed E-state index contributed by atoms with van der Waals surface area (Å²) in [6.45, 7) is 6.69. The Labute approximate surface area is 193 Å². The third-order valence-electron chi connectivity index (χ3n) is 5.69. The Morgan fingerprint density at radius 3 is 2.42 bits per heavy atom. The van der Waals surface area contributed by atoms with Gasteiger partial charge >= 0.3 is 5.97 Å². The number of aromatic nitrogens is 3. The molecule has 1 atom stereocenters. The molecule has 7 nitrogen and oxygen atoms in total. The van der Waals surface area contributed by atoms with Gasteiger partial charge in [-0.3, -0.25) is 0 Å². The molecule has 4 aromatic rings. The van der Waals surface area contributed by atoms with E-state index in [1.165, 1.54) is 5.56 Å². The predicted molar refractivity (Wildman–Crippen MR) is 132 cm³/mol. The minimum absolute atomic E-state index is 0.394. The van der Waals surface area contributed by atoms with Gasteiger partial charge in [-0.15, -0.1) is 0 Å². The van der Waals surface area contributed by atoms with Gasteiger partial charge in [-0.25, -0.2) is 9.78 Å². The van der Waals surface area contributed by atoms with Crippen molar-refractivity contribution in [2.24, 2.45) is 0 Å². The maximum atomic E-state index is 12.0. The number of carbonyl (C=O) groups is 1. The molecule has 2 aromatic heterocycles. The van der Waals surface area contributed by atoms with Gasteiger partial charge in [0, 0.05) is 35.9 Å². The Morgan fingerprint density at radius 1 is 1.06 bits per heavy atom. The second kappa shape index (κ2) is 9.65. The highest BCUT2D eigenvalue weighted by molar-refractivity contribution is 5.79. The molecule has 5 N–H and O–H groups in total. The van der Waals surface area contributed by atoms with Crippen LogP contribution in [0, 0.1) is 20.8 Å². The molecule has 0 saturated heterocycles. The van der Waals surface area contributed by atoms with Crippen molar-refractivity contribution in [1.29, 1.82) is 0 Å². The van der Waals surface area contributed by atoms with Gasteiger partial charge in [0.25, 0.3) is 0 Å². The van der Waals surface area contributed by atoms with E-state index in [-0.39, 0.29) is 0 Å². The minimum atomic E-state index is -0.864. The molecule has 170 valence electrons. The van der Waals surface area contributed by atoms with Crippen molar-refractivity contribution in [3.8, 4) is 11.3 Å². The standard InChI is InChI=1S/C26H29N5O2/c1-16-12-17(2)24(18(3)13-16)31-23(25(32)33)14-19-4-6-20(7-5-19)22-9-8-21(30-22)15-29-26-27-10-11-28-26/h4-13,23,30-31H,14-15H2,1-3H3,(H,32,33)(H2,27,28,29). The number of carboxylic acids is 1. The van der Waals surface area contributed by atoms with Crippen molar-refractivity contribution in [3.05, 3.63) is 88.9 Å². The van der Waals surface area contributed by atoms with Crippen molar-refractivity contribution in [1.82, 2.24) is 15.0 Å². The van der Waals surface area contributed by atoms with Crippen LogP contribution in [0.2, 0.25) is 0 Å². The van der Waals surface area contributed by atoms with Crippen LogP contribution >= 0.6 is 0 Å². The molecule has 33 heavy (non-hydrogen) atoms. The third-order valence-corrected chi connectivity index (χ3v) is 5.69. The van der Waals surface area contributed by atoms with E-state index in [1.54, 1.807) is 12.4 Å². The molecule has 0 aliphatic heterocycles. The lowest BCUT2D eigenvalue weighted by molar-refractivity contribution is -0.137. The van der Waals surface area contributed by atoms with Gasteiger partial charge < -0.3 is 25.7 Å². The van der Waals surface area contributed by atoms with Crippen LogP contribution < -0.4 is 10.6 Å². The van der Waals surface area contributed by atoms with Crippen LogP contribution in [0.5, 0.6) is 0 Å². The Morgan fingerprint density at radius 2 is 1.79 bits per heavy atom. The van der Waals surface area contributed by atoms with Gasteiger partial charge in [0.1, 0.15) is 6.04 Å². The molecule has 0 aliphatic carbocycles. The summed E-state index contributed by atoms with van der Waals surface area (Å²) in [5, 5.41) is 16.3. The number of nitrogens with zero attached hydrogens (tertiary/aromatic N) is 1. The van der Waals surface area contributed by atoms with Crippen molar-refractivity contribution in [2.45, 2.75) is 39.8 Å². The monoisotopic (exact) mass is 443 g/mol. The average molecular weight is 444 g/mol. The Bertz CT molecular complexity index is 1200. The summed E-state index contributed by atoms with van der Waals surface area (Å²) in [6, 6.07) is 15.5. The number of carboxylic acid groups (broad SMARTS) is 1. The first-order valence-corrected chi connectivity index (χ1v) is 11.0. The summed E-state index contributed by atoms with van der Waals surface area (Å²) in [4.78, 5) is 22.5. The lowest BCUT2D eigenvalue weighted by Crippen LogP contribution is -2.32. The van der Waals surface area contributed by atoms with Gasteiger partial charge in [0.15, 0.2) is 5.95 Å². The van der Waals surface area contributed by atoms with E-state index in [0.29, 0.717) is 13.0 Å². The van der Waals surface area contributed by atoms with E-state index in [1.807, 2.05) is 57.2 Å². The Kier molecular flexibility index (Phi) is 6.49. The third kappa shape index (κ3) is 5.44. The number of aliphatic carboxylic acids is 1. The molecule has 0 fully saturated rings. The molecule has 1 unspecified atom stereocenters. The summed E-state index contributed by atoms with van der Waals surface area (Å²) in [5.41, 5.74) is 8.24. The number of benzene rings is 2. The summed E-state index contributed by atoms with van der Waals surface area (Å²) < 4.78 is 0. The highest BCUT2D eigenvalue weighted by Gasteiger charge is 2.20. The first-order valence-electron chi connectivity index (χ1n) is 11.0. The number of aromatic amines is 2. The van der Waals surface area contributed by atoms with Crippen LogP contribution in [0.25, 0.3) is 11.3 Å². The number of hydrogen-bond acceptors (Lipinski definition) is 4. The Hall–Kier alpha value is -4.00. The largest absolute Gasteiger partial charge is 0.480 e. The van der Waals surface area contributed by atoms with Crippen LogP contribution in [0.4, 0.5) is 11.6 Å². The quantitative estimate of drug-likeness (QED) is 0.249. The van der Waals surface area contributed by atoms with Crippen LogP contribution in [-0.4, -0.2) is 32.1 Å². The predicted octanol–water partition coefficient (Wildman–Crippen LogP) is 5.05. The zero-order valence-corrected chi connectivity index (χ0v) is 19.1. The van der Waals surface area contributed by atoms with E-state index in [0.717, 1.165) is 45.3 Å². The summed E-state index contributed by atoms with van der Waals surface area (Å²) in [5.74, 6) is -0.135. The summed E-state index contributed by atoms with van der Waals surface area (Å²) >= 11 is 0. The first kappa shape index (κ1) is 22.2. The fourth-order valence-electron chi connectivity index (χ4n) is 4.09. The zero-order chi connectivity index (χ0) is 23.4. The van der Waals surface area contributed by atoms with E-state index in [2.05, 4.69) is 37.7 Å². The summed E-state index contributed by atoms with van der Waals surface area (Å²) in [7, 11) is 0. The van der Waals surface area contributed by atoms with Crippen LogP contribution in [0.3, 0.4) is 0 Å². The molecule has 7 heteroatoms. The molecule has 4 rings (SSSR count). The fourth-order valence-corrected chi connectivity index (χ4v) is 4.09. The lowest BCUT2D eigenvalue weighted by atomic mass is 10.0. The van der Waals surface area contributed by atoms with Crippen molar-refractivity contribution < 1.29 is 9.90 Å². The number of hydrogen-bond donors (Lipinski definition) is 5. The number of imidazole rings is 1. The normalized spacial score (nSPS) is 11.8. The van der Waals surface area contributed by atoms with E-state index in [9.17, 15) is 9.90 Å². The molecular weight excluding hydrogens is 414 g/mol. The molecule has 0 aliphatic rings. The van der Waals surface area contributed by atoms with E-state index < -0.39 is 12.0 Å². The zero-order valence-electron chi connectivity index (χ0n) is 19.1. The number of aryl methyl sites for hydroxylation is 3. The maximum Gasteiger partial charge on any atom is 0.326 e. The average Bonchev–Trinajstić information content (AvgIpc) is 3.46. The second-order valence-corrected chi connectivity index (χ2v) is 8.40. The first-order chi connectivity index (χ1) is 15.9. The minimum Gasteiger partial charge on any atom is -0.480 e. The molecule has 0 radical (unpaired) electrons. The van der Waals surface area contributed by atoms with Crippen LogP contribution in [-0.2, 0) is 17.8 Å². The van der Waals surface area contributed by atoms with Gasteiger partial charge in [-0.2, -0.15) is 0 Å². The Balaban J connectivity index is 1.42. The highest BCUT2D eigenvalue weighted by Crippen LogP contribution is 2.24. The summed E-state index contributed by atoms with van der Waals surface area (Å²) in [6.07, 6.45) is 3.88. The molecule has 0 spiro atoms. The van der Waals surface area contributed by atoms with Crippen molar-refractivity contribution >= 4 is 17.6 Å². The maximum absolute atomic E-state index is 12.0. The van der Waals surface area contributed by atoms with Crippen molar-refractivity contribution in [2.75, 3.05) is 10.6 Å². The van der Waals surface area contributed by atoms with Crippen LogP contribution in [0.1, 0.15) is 27.9 Å². The number of H-pyrrole nitrogens is 2. The smallest absolute Gasteiger partial charge is 0.326 e. The molecule has 2 aromatic carbocycles. The van der Waals surface area contributed by atoms with Gasteiger partial charge in [-0.1, -0.05) is 42.0 Å².